The third-order valence-corrected chi connectivity index (χ3v) is 4.04. The Morgan fingerprint density at radius 3 is 2.52 bits per heavy atom. The van der Waals surface area contributed by atoms with Crippen LogP contribution in [0.5, 0.6) is 0 Å². The number of carbonyl (C=O) groups excluding carboxylic acids is 2. The van der Waals surface area contributed by atoms with E-state index in [4.69, 9.17) is 0 Å². The average molecular weight is 288 g/mol. The number of rotatable bonds is 5. The molecule has 4 nitrogen and oxygen atoms in total. The molecule has 0 bridgehead atoms. The van der Waals surface area contributed by atoms with Gasteiger partial charge in [-0.2, -0.15) is 0 Å². The van der Waals surface area contributed by atoms with Gasteiger partial charge in [0.15, 0.2) is 0 Å². The molecular formula is C17H24N2O2. The van der Waals surface area contributed by atoms with Crippen molar-refractivity contribution in [3.63, 3.8) is 0 Å². The van der Waals surface area contributed by atoms with Crippen molar-refractivity contribution < 1.29 is 9.59 Å². The molecule has 0 saturated carbocycles. The third-order valence-electron chi connectivity index (χ3n) is 4.04. The lowest BCUT2D eigenvalue weighted by Crippen LogP contribution is -2.38. The van der Waals surface area contributed by atoms with E-state index >= 15 is 0 Å². The van der Waals surface area contributed by atoms with Crippen LogP contribution in [-0.2, 0) is 16.1 Å². The van der Waals surface area contributed by atoms with E-state index in [-0.39, 0.29) is 23.8 Å². The Hall–Kier alpha value is -1.84. The second-order valence-corrected chi connectivity index (χ2v) is 5.88. The Balaban J connectivity index is 2.02. The van der Waals surface area contributed by atoms with E-state index in [1.54, 1.807) is 4.90 Å². The van der Waals surface area contributed by atoms with Gasteiger partial charge in [0.05, 0.1) is 5.92 Å². The first-order chi connectivity index (χ1) is 10.0. The van der Waals surface area contributed by atoms with Crippen molar-refractivity contribution in [2.75, 3.05) is 13.1 Å². The van der Waals surface area contributed by atoms with E-state index in [0.29, 0.717) is 26.1 Å². The van der Waals surface area contributed by atoms with Crippen LogP contribution in [-0.4, -0.2) is 40.7 Å². The first-order valence-electron chi connectivity index (χ1n) is 7.65. The summed E-state index contributed by atoms with van der Waals surface area (Å²) in [6.45, 7) is 7.81. The maximum Gasteiger partial charge on any atom is 0.228 e. The summed E-state index contributed by atoms with van der Waals surface area (Å²) in [6.07, 6.45) is 0.350. The molecule has 1 aliphatic heterocycles. The van der Waals surface area contributed by atoms with Gasteiger partial charge in [0.25, 0.3) is 0 Å². The first-order valence-corrected chi connectivity index (χ1v) is 7.65. The van der Waals surface area contributed by atoms with Gasteiger partial charge in [-0.1, -0.05) is 30.3 Å². The van der Waals surface area contributed by atoms with Gasteiger partial charge < -0.3 is 9.80 Å². The fourth-order valence-corrected chi connectivity index (χ4v) is 2.80. The number of carbonyl (C=O) groups is 2. The van der Waals surface area contributed by atoms with E-state index in [2.05, 4.69) is 0 Å². The lowest BCUT2D eigenvalue weighted by Gasteiger charge is -2.25. The zero-order valence-electron chi connectivity index (χ0n) is 13.1. The average Bonchev–Trinajstić information content (AvgIpc) is 2.87. The normalized spacial score (nSPS) is 18.4. The van der Waals surface area contributed by atoms with Gasteiger partial charge in [-0.25, -0.2) is 0 Å². The Morgan fingerprint density at radius 1 is 1.33 bits per heavy atom. The van der Waals surface area contributed by atoms with E-state index in [0.717, 1.165) is 5.56 Å². The van der Waals surface area contributed by atoms with Crippen LogP contribution in [0.25, 0.3) is 0 Å². The number of nitrogens with zero attached hydrogens (tertiary/aromatic N) is 2. The van der Waals surface area contributed by atoms with Crippen molar-refractivity contribution in [2.45, 2.75) is 39.8 Å². The molecule has 114 valence electrons. The lowest BCUT2D eigenvalue weighted by molar-refractivity contribution is -0.136. The summed E-state index contributed by atoms with van der Waals surface area (Å²) in [4.78, 5) is 28.2. The largest absolute Gasteiger partial charge is 0.339 e. The molecule has 0 spiro atoms. The molecule has 4 heteroatoms. The third kappa shape index (κ3) is 3.63. The molecule has 1 fully saturated rings. The van der Waals surface area contributed by atoms with Crippen molar-refractivity contribution in [3.05, 3.63) is 35.9 Å². The molecule has 2 rings (SSSR count). The van der Waals surface area contributed by atoms with E-state index < -0.39 is 0 Å². The highest BCUT2D eigenvalue weighted by atomic mass is 16.2. The van der Waals surface area contributed by atoms with Crippen molar-refractivity contribution >= 4 is 11.8 Å². The van der Waals surface area contributed by atoms with E-state index in [1.807, 2.05) is 56.0 Å². The molecule has 0 radical (unpaired) electrons. The number of amides is 2. The molecule has 1 aromatic carbocycles. The Labute approximate surface area is 126 Å². The molecule has 2 amide bonds. The van der Waals surface area contributed by atoms with Crippen molar-refractivity contribution in [1.29, 1.82) is 0 Å². The monoisotopic (exact) mass is 288 g/mol. The molecule has 1 aromatic rings. The van der Waals surface area contributed by atoms with E-state index in [1.165, 1.54) is 0 Å². The molecule has 21 heavy (non-hydrogen) atoms. The number of hydrogen-bond acceptors (Lipinski definition) is 2. The van der Waals surface area contributed by atoms with Gasteiger partial charge in [0.1, 0.15) is 0 Å². The summed E-state index contributed by atoms with van der Waals surface area (Å²) < 4.78 is 0. The van der Waals surface area contributed by atoms with Gasteiger partial charge >= 0.3 is 0 Å². The molecule has 0 aliphatic carbocycles. The molecular weight excluding hydrogens is 264 g/mol. The van der Waals surface area contributed by atoms with Crippen molar-refractivity contribution in [1.82, 2.24) is 9.80 Å². The van der Waals surface area contributed by atoms with Crippen LogP contribution >= 0.6 is 0 Å². The molecule has 1 aliphatic rings. The molecule has 0 aromatic heterocycles. The quantitative estimate of drug-likeness (QED) is 0.834. The predicted molar refractivity (Wildman–Crippen MR) is 82.5 cm³/mol. The number of likely N-dealkylation sites (tertiary alicyclic amines) is 1. The number of benzene rings is 1. The van der Waals surface area contributed by atoms with Gasteiger partial charge in [-0.3, -0.25) is 9.59 Å². The fraction of sp³-hybridized carbons (Fsp3) is 0.529. The van der Waals surface area contributed by atoms with E-state index in [9.17, 15) is 9.59 Å². The van der Waals surface area contributed by atoms with Gasteiger partial charge in [0, 0.05) is 32.1 Å². The molecule has 1 heterocycles. The highest BCUT2D eigenvalue weighted by Crippen LogP contribution is 2.22. The lowest BCUT2D eigenvalue weighted by atomic mass is 10.1. The standard InChI is InChI=1S/C17H24N2O2/c1-4-18(11-14-8-6-5-7-9-14)17(21)15-10-16(20)19(12-15)13(2)3/h5-9,13,15H,4,10-12H2,1-3H3/t15-/m0/s1. The summed E-state index contributed by atoms with van der Waals surface area (Å²) in [7, 11) is 0. The first kappa shape index (κ1) is 15.5. The minimum atomic E-state index is -0.191. The topological polar surface area (TPSA) is 40.6 Å². The van der Waals surface area contributed by atoms with Crippen LogP contribution in [0, 0.1) is 5.92 Å². The summed E-state index contributed by atoms with van der Waals surface area (Å²) in [5.41, 5.74) is 1.12. The minimum absolute atomic E-state index is 0.0952. The van der Waals surface area contributed by atoms with Crippen LogP contribution in [0.2, 0.25) is 0 Å². The van der Waals surface area contributed by atoms with Crippen molar-refractivity contribution in [3.8, 4) is 0 Å². The molecule has 0 unspecified atom stereocenters. The summed E-state index contributed by atoms with van der Waals surface area (Å²) in [5.74, 6) is 0.000490. The van der Waals surface area contributed by atoms with Crippen LogP contribution in [0.15, 0.2) is 30.3 Å². The SMILES string of the molecule is CCN(Cc1ccccc1)C(=O)[C@H]1CC(=O)N(C(C)C)C1. The summed E-state index contributed by atoms with van der Waals surface area (Å²) >= 11 is 0. The highest BCUT2D eigenvalue weighted by Gasteiger charge is 2.37. The van der Waals surface area contributed by atoms with Gasteiger partial charge in [0.2, 0.25) is 11.8 Å². The zero-order valence-corrected chi connectivity index (χ0v) is 13.1. The maximum absolute atomic E-state index is 12.6. The molecule has 1 atom stereocenters. The summed E-state index contributed by atoms with van der Waals surface area (Å²) in [5, 5.41) is 0. The maximum atomic E-state index is 12.6. The van der Waals surface area contributed by atoms with Crippen LogP contribution < -0.4 is 0 Å². The van der Waals surface area contributed by atoms with Gasteiger partial charge in [-0.05, 0) is 26.3 Å². The fourth-order valence-electron chi connectivity index (χ4n) is 2.80. The second-order valence-electron chi connectivity index (χ2n) is 5.88. The highest BCUT2D eigenvalue weighted by molar-refractivity contribution is 5.89. The van der Waals surface area contributed by atoms with Crippen molar-refractivity contribution in [2.24, 2.45) is 5.92 Å². The smallest absolute Gasteiger partial charge is 0.228 e. The second kappa shape index (κ2) is 6.74. The van der Waals surface area contributed by atoms with Crippen LogP contribution in [0.3, 0.4) is 0 Å². The molecule has 0 N–H and O–H groups in total. The van der Waals surface area contributed by atoms with Gasteiger partial charge in [-0.15, -0.1) is 0 Å². The summed E-state index contributed by atoms with van der Waals surface area (Å²) in [6, 6.07) is 10.1. The van der Waals surface area contributed by atoms with Crippen LogP contribution in [0.1, 0.15) is 32.8 Å². The number of hydrogen-bond donors (Lipinski definition) is 0. The minimum Gasteiger partial charge on any atom is -0.339 e. The predicted octanol–water partition coefficient (Wildman–Crippen LogP) is 2.29. The zero-order chi connectivity index (χ0) is 15.4. The Morgan fingerprint density at radius 2 is 2.00 bits per heavy atom. The Bertz CT molecular complexity index is 499. The van der Waals surface area contributed by atoms with Crippen LogP contribution in [0.4, 0.5) is 0 Å². The Kier molecular flexibility index (Phi) is 4.99. The molecule has 1 saturated heterocycles.